The van der Waals surface area contributed by atoms with Gasteiger partial charge in [0.1, 0.15) is 5.75 Å². The van der Waals surface area contributed by atoms with Gasteiger partial charge in [0.2, 0.25) is 0 Å². The first-order chi connectivity index (χ1) is 15.5. The van der Waals surface area contributed by atoms with Crippen molar-refractivity contribution in [3.63, 3.8) is 0 Å². The molecule has 3 rings (SSSR count). The maximum absolute atomic E-state index is 12.9. The van der Waals surface area contributed by atoms with Gasteiger partial charge in [-0.1, -0.05) is 35.4 Å². The molecule has 0 aliphatic heterocycles. The van der Waals surface area contributed by atoms with Crippen LogP contribution in [0.4, 0.5) is 11.4 Å². The van der Waals surface area contributed by atoms with Crippen molar-refractivity contribution in [2.75, 3.05) is 16.7 Å². The molecule has 1 unspecified atom stereocenters. The fourth-order valence-electron chi connectivity index (χ4n) is 3.60. The zero-order chi connectivity index (χ0) is 24.3. The highest BCUT2D eigenvalue weighted by atomic mass is 32.2. The second-order valence-corrected chi connectivity index (χ2v) is 10.3. The van der Waals surface area contributed by atoms with Crippen LogP contribution in [-0.2, 0) is 14.8 Å². The Hall–Kier alpha value is -3.32. The maximum Gasteiger partial charge on any atom is 0.265 e. The van der Waals surface area contributed by atoms with E-state index in [-0.39, 0.29) is 10.8 Å². The van der Waals surface area contributed by atoms with Crippen LogP contribution in [0.5, 0.6) is 5.75 Å². The monoisotopic (exact) mass is 466 g/mol. The van der Waals surface area contributed by atoms with Gasteiger partial charge in [-0.3, -0.25) is 9.10 Å². The van der Waals surface area contributed by atoms with E-state index in [9.17, 15) is 13.2 Å². The number of aryl methyl sites for hydroxylation is 4. The number of rotatable bonds is 7. The second kappa shape index (κ2) is 9.67. The quantitative estimate of drug-likeness (QED) is 0.522. The summed E-state index contributed by atoms with van der Waals surface area (Å²) in [5.74, 6) is 0.216. The number of carbonyl (C=O) groups is 1. The minimum absolute atomic E-state index is 0.225. The van der Waals surface area contributed by atoms with Gasteiger partial charge in [-0.05, 0) is 82.1 Å². The van der Waals surface area contributed by atoms with E-state index in [1.807, 2.05) is 39.8 Å². The zero-order valence-corrected chi connectivity index (χ0v) is 20.7. The van der Waals surface area contributed by atoms with E-state index in [1.165, 1.54) is 11.4 Å². The normalized spacial score (nSPS) is 12.2. The summed E-state index contributed by atoms with van der Waals surface area (Å²) in [7, 11) is -2.17. The first-order valence-corrected chi connectivity index (χ1v) is 12.1. The molecule has 1 N–H and O–H groups in total. The largest absolute Gasteiger partial charge is 0.481 e. The molecule has 174 valence electrons. The number of benzene rings is 3. The van der Waals surface area contributed by atoms with E-state index in [2.05, 4.69) is 5.32 Å². The van der Waals surface area contributed by atoms with Crippen LogP contribution >= 0.6 is 0 Å². The number of anilines is 2. The standard InChI is InChI=1S/C26H30N2O4S/c1-17-7-13-24(14-8-17)33(30,31)28(6)22-9-11-23(12-10-22)32-21(5)26(29)27-25-19(3)15-18(2)16-20(25)4/h7-16,21H,1-6H3,(H,27,29). The van der Waals surface area contributed by atoms with Crippen LogP contribution in [0, 0.1) is 27.7 Å². The predicted molar refractivity (Wildman–Crippen MR) is 133 cm³/mol. The second-order valence-electron chi connectivity index (χ2n) is 8.30. The third-order valence-electron chi connectivity index (χ3n) is 5.49. The minimum atomic E-state index is -3.68. The van der Waals surface area contributed by atoms with Crippen LogP contribution in [0.3, 0.4) is 0 Å². The van der Waals surface area contributed by atoms with Crippen LogP contribution in [0.15, 0.2) is 65.6 Å². The fraction of sp³-hybridized carbons (Fsp3) is 0.269. The Balaban J connectivity index is 1.68. The molecule has 3 aromatic rings. The van der Waals surface area contributed by atoms with Crippen molar-refractivity contribution < 1.29 is 17.9 Å². The zero-order valence-electron chi connectivity index (χ0n) is 19.8. The Kier molecular flexibility index (Phi) is 7.12. The van der Waals surface area contributed by atoms with Gasteiger partial charge >= 0.3 is 0 Å². The molecule has 0 heterocycles. The van der Waals surface area contributed by atoms with Gasteiger partial charge in [-0.25, -0.2) is 8.42 Å². The van der Waals surface area contributed by atoms with Crippen molar-refractivity contribution in [1.82, 2.24) is 0 Å². The van der Waals surface area contributed by atoms with E-state index in [4.69, 9.17) is 4.74 Å². The highest BCUT2D eigenvalue weighted by molar-refractivity contribution is 7.92. The third kappa shape index (κ3) is 5.54. The smallest absolute Gasteiger partial charge is 0.265 e. The summed E-state index contributed by atoms with van der Waals surface area (Å²) in [5.41, 5.74) is 5.40. The lowest BCUT2D eigenvalue weighted by Gasteiger charge is -2.21. The third-order valence-corrected chi connectivity index (χ3v) is 7.29. The van der Waals surface area contributed by atoms with Gasteiger partial charge in [0.25, 0.3) is 15.9 Å². The molecule has 1 amide bonds. The molecule has 0 aliphatic rings. The molecule has 0 saturated heterocycles. The maximum atomic E-state index is 12.9. The summed E-state index contributed by atoms with van der Waals surface area (Å²) in [6.07, 6.45) is -0.732. The van der Waals surface area contributed by atoms with Gasteiger partial charge in [-0.15, -0.1) is 0 Å². The highest BCUT2D eigenvalue weighted by Gasteiger charge is 2.22. The van der Waals surface area contributed by atoms with E-state index < -0.39 is 16.1 Å². The fourth-order valence-corrected chi connectivity index (χ4v) is 4.80. The summed E-state index contributed by atoms with van der Waals surface area (Å²) in [5, 5.41) is 2.95. The van der Waals surface area contributed by atoms with Gasteiger partial charge < -0.3 is 10.1 Å². The van der Waals surface area contributed by atoms with Crippen LogP contribution in [-0.4, -0.2) is 27.5 Å². The van der Waals surface area contributed by atoms with Gasteiger partial charge in [0, 0.05) is 12.7 Å². The molecule has 0 radical (unpaired) electrons. The molecule has 0 bridgehead atoms. The van der Waals surface area contributed by atoms with Crippen molar-refractivity contribution >= 4 is 27.3 Å². The summed E-state index contributed by atoms with van der Waals surface area (Å²) in [4.78, 5) is 12.9. The number of amides is 1. The molecule has 33 heavy (non-hydrogen) atoms. The Morgan fingerprint density at radius 2 is 1.42 bits per heavy atom. The van der Waals surface area contributed by atoms with Crippen molar-refractivity contribution in [3.05, 3.63) is 82.9 Å². The number of sulfonamides is 1. The molecule has 0 aromatic heterocycles. The van der Waals surface area contributed by atoms with Crippen molar-refractivity contribution in [2.45, 2.75) is 45.6 Å². The molecule has 3 aromatic carbocycles. The Morgan fingerprint density at radius 3 is 1.97 bits per heavy atom. The first-order valence-electron chi connectivity index (χ1n) is 10.7. The van der Waals surface area contributed by atoms with Crippen LogP contribution in [0.1, 0.15) is 29.2 Å². The van der Waals surface area contributed by atoms with E-state index >= 15 is 0 Å². The highest BCUT2D eigenvalue weighted by Crippen LogP contribution is 2.26. The van der Waals surface area contributed by atoms with Crippen LogP contribution in [0.2, 0.25) is 0 Å². The average molecular weight is 467 g/mol. The molecule has 0 spiro atoms. The molecular weight excluding hydrogens is 436 g/mol. The number of carbonyl (C=O) groups excluding carboxylic acids is 1. The van der Waals surface area contributed by atoms with Crippen LogP contribution in [0.25, 0.3) is 0 Å². The summed E-state index contributed by atoms with van der Waals surface area (Å²) >= 11 is 0. The summed E-state index contributed by atoms with van der Waals surface area (Å²) in [6, 6.07) is 17.4. The van der Waals surface area contributed by atoms with Crippen LogP contribution < -0.4 is 14.4 Å². The van der Waals surface area contributed by atoms with Crippen molar-refractivity contribution in [3.8, 4) is 5.75 Å². The first kappa shape index (κ1) is 24.3. The molecule has 7 heteroatoms. The molecular formula is C26H30N2O4S. The van der Waals surface area contributed by atoms with E-state index in [1.54, 1.807) is 55.5 Å². The van der Waals surface area contributed by atoms with Crippen molar-refractivity contribution in [2.24, 2.45) is 0 Å². The Morgan fingerprint density at radius 1 is 0.879 bits per heavy atom. The lowest BCUT2D eigenvalue weighted by molar-refractivity contribution is -0.122. The lowest BCUT2D eigenvalue weighted by Crippen LogP contribution is -2.30. The lowest BCUT2D eigenvalue weighted by atomic mass is 10.0. The molecule has 0 fully saturated rings. The molecule has 6 nitrogen and oxygen atoms in total. The summed E-state index contributed by atoms with van der Waals surface area (Å²) in [6.45, 7) is 9.52. The number of hydrogen-bond donors (Lipinski definition) is 1. The Bertz CT molecular complexity index is 1230. The van der Waals surface area contributed by atoms with Gasteiger partial charge in [-0.2, -0.15) is 0 Å². The molecule has 0 saturated carbocycles. The Labute approximate surface area is 196 Å². The van der Waals surface area contributed by atoms with E-state index in [0.29, 0.717) is 11.4 Å². The minimum Gasteiger partial charge on any atom is -0.481 e. The topological polar surface area (TPSA) is 75.7 Å². The molecule has 1 atom stereocenters. The van der Waals surface area contributed by atoms with Crippen molar-refractivity contribution in [1.29, 1.82) is 0 Å². The number of nitrogens with zero attached hydrogens (tertiary/aromatic N) is 1. The summed E-state index contributed by atoms with van der Waals surface area (Å²) < 4.78 is 32.8. The van der Waals surface area contributed by atoms with E-state index in [0.717, 1.165) is 27.9 Å². The number of hydrogen-bond acceptors (Lipinski definition) is 4. The average Bonchev–Trinajstić information content (AvgIpc) is 2.76. The predicted octanol–water partition coefficient (Wildman–Crippen LogP) is 5.15. The number of ether oxygens (including phenoxy) is 1. The van der Waals surface area contributed by atoms with Gasteiger partial charge in [0.15, 0.2) is 6.10 Å². The SMILES string of the molecule is Cc1ccc(S(=O)(=O)N(C)c2ccc(OC(C)C(=O)Nc3c(C)cc(C)cc3C)cc2)cc1. The molecule has 0 aliphatic carbocycles. The van der Waals surface area contributed by atoms with Gasteiger partial charge in [0.05, 0.1) is 10.6 Å². The number of nitrogens with one attached hydrogen (secondary N) is 1.